The van der Waals surface area contributed by atoms with Gasteiger partial charge in [-0.1, -0.05) is 61.3 Å². The number of aromatic nitrogens is 4. The van der Waals surface area contributed by atoms with Crippen LogP contribution in [0, 0.1) is 40.3 Å². The zero-order chi connectivity index (χ0) is 32.2. The van der Waals surface area contributed by atoms with E-state index >= 15 is 0 Å². The van der Waals surface area contributed by atoms with Crippen molar-refractivity contribution < 1.29 is 10.2 Å². The van der Waals surface area contributed by atoms with Gasteiger partial charge in [-0.05, 0) is 116 Å². The van der Waals surface area contributed by atoms with Gasteiger partial charge in [0.15, 0.2) is 10.6 Å². The number of aryl methyl sites for hydroxylation is 1. The molecule has 0 amide bonds. The summed E-state index contributed by atoms with van der Waals surface area (Å²) in [5.74, 6) is 5.22. The van der Waals surface area contributed by atoms with Crippen molar-refractivity contribution in [1.82, 2.24) is 19.3 Å². The second-order valence-corrected chi connectivity index (χ2v) is 15.4. The molecule has 6 nitrogen and oxygen atoms in total. The number of hydrogen-bond acceptors (Lipinski definition) is 4. The molecule has 0 saturated heterocycles. The third kappa shape index (κ3) is 5.86. The van der Waals surface area contributed by atoms with Gasteiger partial charge in [0.2, 0.25) is 0 Å². The van der Waals surface area contributed by atoms with Crippen LogP contribution < -0.4 is 0 Å². The van der Waals surface area contributed by atoms with E-state index in [1.165, 1.54) is 61.2 Å². The number of aromatic hydroxyl groups is 2. The highest BCUT2D eigenvalue weighted by Crippen LogP contribution is 2.50. The van der Waals surface area contributed by atoms with Gasteiger partial charge in [-0.3, -0.25) is 9.67 Å². The highest BCUT2D eigenvalue weighted by Gasteiger charge is 2.38. The number of hydrogen-bond donors (Lipinski definition) is 3. The summed E-state index contributed by atoms with van der Waals surface area (Å²) < 4.78 is 5.18. The number of phenols is 2. The predicted molar refractivity (Wildman–Crippen MR) is 187 cm³/mol. The molecule has 0 bridgehead atoms. The summed E-state index contributed by atoms with van der Waals surface area (Å²) in [6.45, 7) is 16.5. The molecule has 2 heterocycles. The Balaban J connectivity index is 1.54. The summed E-state index contributed by atoms with van der Waals surface area (Å²) in [5.41, 5.74) is 5.05. The molecule has 2 saturated carbocycles. The molecule has 2 aliphatic carbocycles. The van der Waals surface area contributed by atoms with Crippen LogP contribution in [0.3, 0.4) is 0 Å². The number of benzene rings is 2. The van der Waals surface area contributed by atoms with Gasteiger partial charge in [0.1, 0.15) is 11.5 Å². The highest BCUT2D eigenvalue weighted by atomic mass is 32.1. The highest BCUT2D eigenvalue weighted by molar-refractivity contribution is 7.71. The minimum Gasteiger partial charge on any atom is -0.508 e. The van der Waals surface area contributed by atoms with Gasteiger partial charge in [-0.2, -0.15) is 5.10 Å². The van der Waals surface area contributed by atoms with E-state index in [0.29, 0.717) is 58.2 Å². The maximum Gasteiger partial charge on any atom is 0.200 e. The summed E-state index contributed by atoms with van der Waals surface area (Å²) in [4.78, 5) is 0. The Bertz CT molecular complexity index is 1730. The van der Waals surface area contributed by atoms with Crippen molar-refractivity contribution in [2.24, 2.45) is 35.5 Å². The molecule has 7 heteroatoms. The average molecular weight is 629 g/mol. The minimum atomic E-state index is -0.0215. The van der Waals surface area contributed by atoms with E-state index in [4.69, 9.17) is 12.2 Å². The largest absolute Gasteiger partial charge is 0.508 e. The molecule has 2 aromatic heterocycles. The molecule has 0 radical (unpaired) electrons. The van der Waals surface area contributed by atoms with Crippen LogP contribution >= 0.6 is 12.2 Å². The second-order valence-electron chi connectivity index (χ2n) is 15.0. The molecule has 45 heavy (non-hydrogen) atoms. The fraction of sp³-hybridized carbons (Fsp3) is 0.579. The quantitative estimate of drug-likeness (QED) is 0.178. The Morgan fingerprint density at radius 3 is 2.27 bits per heavy atom. The molecule has 4 aromatic rings. The maximum atomic E-state index is 10.9. The summed E-state index contributed by atoms with van der Waals surface area (Å²) in [5, 5.41) is 30.0. The summed E-state index contributed by atoms with van der Waals surface area (Å²) >= 11 is 5.77. The topological polar surface area (TPSA) is 79.0 Å². The number of nitrogens with one attached hydrogen (secondary N) is 1. The summed E-state index contributed by atoms with van der Waals surface area (Å²) in [7, 11) is 0. The lowest BCUT2D eigenvalue weighted by atomic mass is 9.68. The molecule has 0 spiro atoms. The van der Waals surface area contributed by atoms with Crippen molar-refractivity contribution in [3.8, 4) is 28.6 Å². The third-order valence-corrected chi connectivity index (χ3v) is 11.6. The summed E-state index contributed by atoms with van der Waals surface area (Å²) in [6.07, 6.45) is 8.35. The van der Waals surface area contributed by atoms with Gasteiger partial charge in [0, 0.05) is 34.6 Å². The van der Waals surface area contributed by atoms with Gasteiger partial charge in [0.25, 0.3) is 0 Å². The zero-order valence-corrected chi connectivity index (χ0v) is 29.0. The molecule has 6 atom stereocenters. The van der Waals surface area contributed by atoms with Gasteiger partial charge < -0.3 is 14.8 Å². The van der Waals surface area contributed by atoms with E-state index in [1.807, 2.05) is 17.6 Å². The lowest BCUT2D eigenvalue weighted by Gasteiger charge is -2.43. The first-order valence-electron chi connectivity index (χ1n) is 17.4. The van der Waals surface area contributed by atoms with Crippen molar-refractivity contribution in [3.63, 3.8) is 0 Å². The first-order chi connectivity index (χ1) is 21.5. The molecule has 6 unspecified atom stereocenters. The average Bonchev–Trinajstić information content (AvgIpc) is 3.56. The van der Waals surface area contributed by atoms with E-state index in [-0.39, 0.29) is 11.5 Å². The van der Waals surface area contributed by atoms with E-state index in [1.54, 1.807) is 0 Å². The predicted octanol–water partition coefficient (Wildman–Crippen LogP) is 10.3. The van der Waals surface area contributed by atoms with Crippen LogP contribution in [0.5, 0.6) is 11.5 Å². The maximum absolute atomic E-state index is 10.9. The van der Waals surface area contributed by atoms with Gasteiger partial charge in [-0.25, -0.2) is 0 Å². The molecule has 0 aliphatic heterocycles. The van der Waals surface area contributed by atoms with Crippen LogP contribution in [0.4, 0.5) is 0 Å². The third-order valence-electron chi connectivity index (χ3n) is 11.3. The van der Waals surface area contributed by atoms with E-state index in [9.17, 15) is 10.2 Å². The fourth-order valence-electron chi connectivity index (χ4n) is 8.83. The lowest BCUT2D eigenvalue weighted by Crippen LogP contribution is -2.33. The van der Waals surface area contributed by atoms with Crippen LogP contribution in [-0.4, -0.2) is 29.5 Å². The number of rotatable bonds is 7. The molecule has 2 fully saturated rings. The molecule has 6 rings (SSSR count). The lowest BCUT2D eigenvalue weighted by molar-refractivity contribution is 0.139. The molecular weight excluding hydrogens is 577 g/mol. The molecule has 3 N–H and O–H groups in total. The summed E-state index contributed by atoms with van der Waals surface area (Å²) in [6, 6.07) is 12.9. The smallest absolute Gasteiger partial charge is 0.200 e. The first kappa shape index (κ1) is 31.9. The van der Waals surface area contributed by atoms with Crippen LogP contribution in [0.25, 0.3) is 28.0 Å². The Kier molecular flexibility index (Phi) is 8.95. The SMILES string of the molecule is CCc1cc(-c2n[nH]c(=S)n2-c2ccc3c(c2)cc(C2CC(C)CCC2C(C)C)n3C2CC(C)CCC2C(C)C)c(O)cc1O. The Hall–Kier alpha value is -3.06. The van der Waals surface area contributed by atoms with Crippen molar-refractivity contribution in [3.05, 3.63) is 52.4 Å². The van der Waals surface area contributed by atoms with Crippen molar-refractivity contribution in [1.29, 1.82) is 0 Å². The van der Waals surface area contributed by atoms with Crippen LogP contribution in [0.1, 0.15) is 110 Å². The number of nitrogens with zero attached hydrogens (tertiary/aromatic N) is 3. The zero-order valence-electron chi connectivity index (χ0n) is 28.2. The van der Waals surface area contributed by atoms with Gasteiger partial charge in [-0.15, -0.1) is 0 Å². The first-order valence-corrected chi connectivity index (χ1v) is 17.8. The number of phenolic OH excluding ortho intramolecular Hbond substituents is 2. The van der Waals surface area contributed by atoms with Crippen LogP contribution in [0.2, 0.25) is 0 Å². The van der Waals surface area contributed by atoms with Crippen molar-refractivity contribution >= 4 is 23.1 Å². The van der Waals surface area contributed by atoms with Crippen molar-refractivity contribution in [2.45, 2.75) is 105 Å². The standard InChI is InChI=1S/C38H52N4O2S/c1-8-25-18-31(36(44)20-35(25)43)37-39-40-38(45)41(37)27-11-14-32-26(17-27)19-34(30-15-23(6)9-12-28(30)21(2)3)42(32)33-16-24(7)10-13-29(33)22(4)5/h11,14,17-24,28-30,33,43-44H,8-10,12-13,15-16H2,1-7H3,(H,40,45). The van der Waals surface area contributed by atoms with Gasteiger partial charge in [0.05, 0.1) is 11.3 Å². The molecule has 2 aliphatic rings. The Morgan fingerprint density at radius 1 is 0.889 bits per heavy atom. The Morgan fingerprint density at radius 2 is 1.58 bits per heavy atom. The monoisotopic (exact) mass is 628 g/mol. The number of H-pyrrole nitrogens is 1. The van der Waals surface area contributed by atoms with E-state index < -0.39 is 0 Å². The van der Waals surface area contributed by atoms with Crippen molar-refractivity contribution in [2.75, 3.05) is 0 Å². The number of aromatic amines is 1. The molecular formula is C38H52N4O2S. The van der Waals surface area contributed by atoms with E-state index in [2.05, 4.69) is 80.6 Å². The van der Waals surface area contributed by atoms with E-state index in [0.717, 1.165) is 23.1 Å². The molecule has 242 valence electrons. The van der Waals surface area contributed by atoms with Gasteiger partial charge >= 0.3 is 0 Å². The Labute approximate surface area is 273 Å². The van der Waals surface area contributed by atoms with Crippen LogP contribution in [0.15, 0.2) is 36.4 Å². The number of fused-ring (bicyclic) bond motifs is 1. The fourth-order valence-corrected chi connectivity index (χ4v) is 9.07. The van der Waals surface area contributed by atoms with Crippen LogP contribution in [-0.2, 0) is 6.42 Å². The normalized spacial score (nSPS) is 25.9. The molecule has 2 aromatic carbocycles. The second kappa shape index (κ2) is 12.6. The minimum absolute atomic E-state index is 0.0215.